The zero-order valence-corrected chi connectivity index (χ0v) is 8.21. The van der Waals surface area contributed by atoms with Gasteiger partial charge in [-0.15, -0.1) is 0 Å². The van der Waals surface area contributed by atoms with Gasteiger partial charge >= 0.3 is 5.97 Å². The molecule has 0 unspecified atom stereocenters. The SMILES string of the molecule is NC[C@H](Cc1cc(F)c(F)c(F)c1)C(=O)O. The van der Waals surface area contributed by atoms with Gasteiger partial charge in [0, 0.05) is 6.54 Å². The van der Waals surface area contributed by atoms with Crippen LogP contribution in [0.5, 0.6) is 0 Å². The minimum Gasteiger partial charge on any atom is -0.481 e. The van der Waals surface area contributed by atoms with Crippen molar-refractivity contribution < 1.29 is 23.1 Å². The molecule has 3 nitrogen and oxygen atoms in total. The van der Waals surface area contributed by atoms with E-state index >= 15 is 0 Å². The van der Waals surface area contributed by atoms with Crippen molar-refractivity contribution in [2.75, 3.05) is 6.54 Å². The smallest absolute Gasteiger partial charge is 0.308 e. The maximum absolute atomic E-state index is 12.8. The van der Waals surface area contributed by atoms with Gasteiger partial charge in [0.15, 0.2) is 17.5 Å². The van der Waals surface area contributed by atoms with Gasteiger partial charge < -0.3 is 10.8 Å². The summed E-state index contributed by atoms with van der Waals surface area (Å²) in [7, 11) is 0. The Bertz CT molecular complexity index is 386. The molecule has 88 valence electrons. The van der Waals surface area contributed by atoms with Gasteiger partial charge in [-0.2, -0.15) is 0 Å². The van der Waals surface area contributed by atoms with Crippen LogP contribution in [0.3, 0.4) is 0 Å². The molecular weight excluding hydrogens is 223 g/mol. The monoisotopic (exact) mass is 233 g/mol. The van der Waals surface area contributed by atoms with Gasteiger partial charge in [-0.3, -0.25) is 4.79 Å². The second kappa shape index (κ2) is 4.98. The summed E-state index contributed by atoms with van der Waals surface area (Å²) in [4.78, 5) is 10.6. The molecule has 0 aliphatic carbocycles. The van der Waals surface area contributed by atoms with Crippen molar-refractivity contribution >= 4 is 5.97 Å². The van der Waals surface area contributed by atoms with Crippen molar-refractivity contribution in [1.29, 1.82) is 0 Å². The van der Waals surface area contributed by atoms with Crippen molar-refractivity contribution in [1.82, 2.24) is 0 Å². The van der Waals surface area contributed by atoms with Crippen molar-refractivity contribution in [3.63, 3.8) is 0 Å². The predicted octanol–water partition coefficient (Wildman–Crippen LogP) is 1.31. The molecule has 1 aromatic carbocycles. The summed E-state index contributed by atoms with van der Waals surface area (Å²) in [6.07, 6.45) is -0.139. The molecule has 0 heterocycles. The van der Waals surface area contributed by atoms with Crippen LogP contribution in [0.15, 0.2) is 12.1 Å². The number of hydrogen-bond donors (Lipinski definition) is 2. The summed E-state index contributed by atoms with van der Waals surface area (Å²) in [5.41, 5.74) is 5.25. The van der Waals surface area contributed by atoms with E-state index in [2.05, 4.69) is 0 Å². The van der Waals surface area contributed by atoms with Crippen LogP contribution in [0, 0.1) is 23.4 Å². The average Bonchev–Trinajstić information content (AvgIpc) is 2.21. The highest BCUT2D eigenvalue weighted by Gasteiger charge is 2.18. The van der Waals surface area contributed by atoms with Crippen LogP contribution in [-0.4, -0.2) is 17.6 Å². The quantitative estimate of drug-likeness (QED) is 0.770. The highest BCUT2D eigenvalue weighted by Crippen LogP contribution is 2.16. The predicted molar refractivity (Wildman–Crippen MR) is 50.2 cm³/mol. The Morgan fingerprint density at radius 3 is 2.19 bits per heavy atom. The first-order valence-electron chi connectivity index (χ1n) is 4.52. The number of carboxylic acids is 1. The summed E-state index contributed by atoms with van der Waals surface area (Å²) in [6, 6.07) is 1.54. The van der Waals surface area contributed by atoms with E-state index < -0.39 is 29.3 Å². The normalized spacial score (nSPS) is 12.5. The molecule has 1 rings (SSSR count). The molecule has 0 amide bonds. The molecule has 0 aromatic heterocycles. The fraction of sp³-hybridized carbons (Fsp3) is 0.300. The van der Waals surface area contributed by atoms with Crippen LogP contribution in [-0.2, 0) is 11.2 Å². The van der Waals surface area contributed by atoms with E-state index in [1.807, 2.05) is 0 Å². The Hall–Kier alpha value is -1.56. The van der Waals surface area contributed by atoms with E-state index in [0.29, 0.717) is 0 Å². The molecule has 0 saturated carbocycles. The zero-order valence-electron chi connectivity index (χ0n) is 8.21. The molecule has 0 bridgehead atoms. The van der Waals surface area contributed by atoms with E-state index in [1.165, 1.54) is 0 Å². The first-order valence-corrected chi connectivity index (χ1v) is 4.52. The van der Waals surface area contributed by atoms with E-state index in [9.17, 15) is 18.0 Å². The number of nitrogens with two attached hydrogens (primary N) is 1. The van der Waals surface area contributed by atoms with Gasteiger partial charge in [0.05, 0.1) is 5.92 Å². The summed E-state index contributed by atoms with van der Waals surface area (Å²) in [5.74, 6) is -6.34. The maximum Gasteiger partial charge on any atom is 0.308 e. The summed E-state index contributed by atoms with van der Waals surface area (Å²) < 4.78 is 38.2. The van der Waals surface area contributed by atoms with E-state index in [4.69, 9.17) is 10.8 Å². The first-order chi connectivity index (χ1) is 7.45. The molecule has 16 heavy (non-hydrogen) atoms. The second-order valence-corrected chi connectivity index (χ2v) is 3.35. The van der Waals surface area contributed by atoms with Crippen molar-refractivity contribution in [2.24, 2.45) is 11.7 Å². The molecule has 0 aliphatic heterocycles. The van der Waals surface area contributed by atoms with Crippen LogP contribution in [0.2, 0.25) is 0 Å². The molecule has 1 atom stereocenters. The molecule has 0 spiro atoms. The van der Waals surface area contributed by atoms with Gasteiger partial charge in [-0.1, -0.05) is 0 Å². The molecule has 0 saturated heterocycles. The van der Waals surface area contributed by atoms with Crippen molar-refractivity contribution in [2.45, 2.75) is 6.42 Å². The Morgan fingerprint density at radius 2 is 1.81 bits per heavy atom. The van der Waals surface area contributed by atoms with Crippen LogP contribution in [0.1, 0.15) is 5.56 Å². The van der Waals surface area contributed by atoms with Gasteiger partial charge in [0.2, 0.25) is 0 Å². The number of rotatable bonds is 4. The summed E-state index contributed by atoms with van der Waals surface area (Å²) >= 11 is 0. The number of aliphatic carboxylic acids is 1. The number of halogens is 3. The van der Waals surface area contributed by atoms with Gasteiger partial charge in [0.1, 0.15) is 0 Å². The lowest BCUT2D eigenvalue weighted by Crippen LogP contribution is -2.25. The molecule has 3 N–H and O–H groups in total. The highest BCUT2D eigenvalue weighted by atomic mass is 19.2. The largest absolute Gasteiger partial charge is 0.481 e. The van der Waals surface area contributed by atoms with Gasteiger partial charge in [-0.05, 0) is 24.1 Å². The number of carbonyl (C=O) groups is 1. The Kier molecular flexibility index (Phi) is 3.89. The first kappa shape index (κ1) is 12.5. The molecule has 0 fully saturated rings. The van der Waals surface area contributed by atoms with E-state index in [1.54, 1.807) is 0 Å². The van der Waals surface area contributed by atoms with Crippen LogP contribution >= 0.6 is 0 Å². The van der Waals surface area contributed by atoms with E-state index in [0.717, 1.165) is 12.1 Å². The summed E-state index contributed by atoms with van der Waals surface area (Å²) in [5, 5.41) is 8.69. The lowest BCUT2D eigenvalue weighted by molar-refractivity contribution is -0.141. The third kappa shape index (κ3) is 2.73. The van der Waals surface area contributed by atoms with Gasteiger partial charge in [0.25, 0.3) is 0 Å². The Morgan fingerprint density at radius 1 is 1.31 bits per heavy atom. The highest BCUT2D eigenvalue weighted by molar-refractivity contribution is 5.70. The summed E-state index contributed by atoms with van der Waals surface area (Å²) in [6.45, 7) is -0.157. The van der Waals surface area contributed by atoms with Crippen molar-refractivity contribution in [3.8, 4) is 0 Å². The minimum absolute atomic E-state index is 0.0641. The van der Waals surface area contributed by atoms with Crippen LogP contribution in [0.4, 0.5) is 13.2 Å². The van der Waals surface area contributed by atoms with Crippen molar-refractivity contribution in [3.05, 3.63) is 35.1 Å². The molecule has 1 aromatic rings. The minimum atomic E-state index is -1.57. The standard InChI is InChI=1S/C10H10F3NO2/c11-7-2-5(3-8(12)9(7)13)1-6(4-14)10(15)16/h2-3,6H,1,4,14H2,(H,15,16)/t6-/m0/s1. The van der Waals surface area contributed by atoms with Crippen LogP contribution in [0.25, 0.3) is 0 Å². The Labute approximate surface area is 89.7 Å². The third-order valence-corrected chi connectivity index (χ3v) is 2.16. The second-order valence-electron chi connectivity index (χ2n) is 3.35. The topological polar surface area (TPSA) is 63.3 Å². The fourth-order valence-corrected chi connectivity index (χ4v) is 1.28. The number of benzene rings is 1. The third-order valence-electron chi connectivity index (χ3n) is 2.16. The molecule has 0 aliphatic rings. The number of hydrogen-bond acceptors (Lipinski definition) is 2. The lowest BCUT2D eigenvalue weighted by atomic mass is 9.99. The lowest BCUT2D eigenvalue weighted by Gasteiger charge is -2.09. The maximum atomic E-state index is 12.8. The Balaban J connectivity index is 2.93. The molecule has 6 heteroatoms. The molecule has 0 radical (unpaired) electrons. The van der Waals surface area contributed by atoms with E-state index in [-0.39, 0.29) is 18.5 Å². The zero-order chi connectivity index (χ0) is 12.3. The molecular formula is C10H10F3NO2. The number of carboxylic acid groups (broad SMARTS) is 1. The fourth-order valence-electron chi connectivity index (χ4n) is 1.28. The average molecular weight is 233 g/mol. The van der Waals surface area contributed by atoms with Gasteiger partial charge in [-0.25, -0.2) is 13.2 Å². The van der Waals surface area contributed by atoms with Crippen LogP contribution < -0.4 is 5.73 Å².